The summed E-state index contributed by atoms with van der Waals surface area (Å²) in [6, 6.07) is 0.517. The van der Waals surface area contributed by atoms with Crippen LogP contribution in [0.2, 0.25) is 0 Å². The number of likely N-dealkylation sites (tertiary alicyclic amines) is 1. The second kappa shape index (κ2) is 8.08. The maximum atomic E-state index is 9.18. The molecular weight excluding hydrogens is 272 g/mol. The predicted molar refractivity (Wildman–Crippen MR) is 81.9 cm³/mol. The molecule has 2 rings (SSSR count). The van der Waals surface area contributed by atoms with E-state index in [4.69, 9.17) is 9.72 Å². The lowest BCUT2D eigenvalue weighted by atomic mass is 9.99. The Labute approximate surface area is 125 Å². The molecule has 2 heterocycles. The van der Waals surface area contributed by atoms with E-state index in [0.29, 0.717) is 6.04 Å². The molecule has 1 aromatic rings. The number of ether oxygens (including phenoxy) is 1. The summed E-state index contributed by atoms with van der Waals surface area (Å²) in [6.07, 6.45) is 4.71. The van der Waals surface area contributed by atoms with E-state index in [1.165, 1.54) is 19.3 Å². The second-order valence-electron chi connectivity index (χ2n) is 5.41. The molecule has 0 radical (unpaired) electrons. The second-order valence-corrected chi connectivity index (χ2v) is 6.30. The first-order valence-electron chi connectivity index (χ1n) is 7.65. The number of hydrogen-bond donors (Lipinski definition) is 1. The smallest absolute Gasteiger partial charge is 0.122 e. The highest BCUT2D eigenvalue weighted by Crippen LogP contribution is 2.25. The fourth-order valence-electron chi connectivity index (χ4n) is 2.86. The van der Waals surface area contributed by atoms with Crippen molar-refractivity contribution in [2.45, 2.75) is 58.2 Å². The fraction of sp³-hybridized carbons (Fsp3) is 0.800. The van der Waals surface area contributed by atoms with Crippen LogP contribution in [0.3, 0.4) is 0 Å². The summed E-state index contributed by atoms with van der Waals surface area (Å²) in [7, 11) is 0. The van der Waals surface area contributed by atoms with E-state index < -0.39 is 0 Å². The van der Waals surface area contributed by atoms with Crippen molar-refractivity contribution in [3.05, 3.63) is 16.1 Å². The normalized spacial score (nSPS) is 22.1. The van der Waals surface area contributed by atoms with Crippen molar-refractivity contribution in [3.8, 4) is 0 Å². The highest BCUT2D eigenvalue weighted by atomic mass is 32.1. The molecule has 4 nitrogen and oxygen atoms in total. The van der Waals surface area contributed by atoms with Gasteiger partial charge in [-0.25, -0.2) is 4.98 Å². The SMILES string of the molecule is CCOC(C)c1nc(CN2CCCCC2CCO)cs1. The highest BCUT2D eigenvalue weighted by molar-refractivity contribution is 7.09. The minimum atomic E-state index is 0.0911. The minimum Gasteiger partial charge on any atom is -0.396 e. The van der Waals surface area contributed by atoms with Crippen molar-refractivity contribution in [3.63, 3.8) is 0 Å². The van der Waals surface area contributed by atoms with Crippen LogP contribution in [0.1, 0.15) is 56.3 Å². The van der Waals surface area contributed by atoms with Crippen LogP contribution in [0.4, 0.5) is 0 Å². The molecule has 1 aliphatic heterocycles. The average Bonchev–Trinajstić information content (AvgIpc) is 2.90. The summed E-state index contributed by atoms with van der Waals surface area (Å²) >= 11 is 1.69. The summed E-state index contributed by atoms with van der Waals surface area (Å²) in [6.45, 7) is 7.10. The van der Waals surface area contributed by atoms with E-state index in [9.17, 15) is 5.11 Å². The van der Waals surface area contributed by atoms with Crippen LogP contribution in [0.15, 0.2) is 5.38 Å². The van der Waals surface area contributed by atoms with Crippen LogP contribution >= 0.6 is 11.3 Å². The molecule has 20 heavy (non-hydrogen) atoms. The first-order chi connectivity index (χ1) is 9.74. The zero-order chi connectivity index (χ0) is 14.4. The van der Waals surface area contributed by atoms with Crippen LogP contribution in [0, 0.1) is 0 Å². The number of hydrogen-bond acceptors (Lipinski definition) is 5. The third kappa shape index (κ3) is 4.25. The van der Waals surface area contributed by atoms with E-state index in [0.717, 1.165) is 36.8 Å². The van der Waals surface area contributed by atoms with Crippen LogP contribution in [0.25, 0.3) is 0 Å². The molecule has 114 valence electrons. The number of piperidine rings is 1. The van der Waals surface area contributed by atoms with Gasteiger partial charge in [0.15, 0.2) is 0 Å². The standard InChI is InChI=1S/C15H26N2O2S/c1-3-19-12(2)15-16-13(11-20-15)10-17-8-5-4-6-14(17)7-9-18/h11-12,14,18H,3-10H2,1-2H3. The van der Waals surface area contributed by atoms with Gasteiger partial charge in [-0.1, -0.05) is 6.42 Å². The zero-order valence-corrected chi connectivity index (χ0v) is 13.4. The Bertz CT molecular complexity index is 395. The van der Waals surface area contributed by atoms with E-state index in [2.05, 4.69) is 17.2 Å². The van der Waals surface area contributed by atoms with Crippen LogP contribution in [0.5, 0.6) is 0 Å². The van der Waals surface area contributed by atoms with E-state index in [1.54, 1.807) is 11.3 Å². The van der Waals surface area contributed by atoms with Gasteiger partial charge in [0, 0.05) is 31.2 Å². The summed E-state index contributed by atoms with van der Waals surface area (Å²) in [5, 5.41) is 12.4. The molecule has 0 bridgehead atoms. The maximum absolute atomic E-state index is 9.18. The lowest BCUT2D eigenvalue weighted by Gasteiger charge is -2.35. The molecule has 1 aromatic heterocycles. The van der Waals surface area contributed by atoms with Gasteiger partial charge in [0.1, 0.15) is 11.1 Å². The molecule has 0 saturated carbocycles. The fourth-order valence-corrected chi connectivity index (χ4v) is 3.67. The van der Waals surface area contributed by atoms with Crippen molar-refractivity contribution < 1.29 is 9.84 Å². The third-order valence-electron chi connectivity index (χ3n) is 3.91. The molecule has 0 aromatic carbocycles. The maximum Gasteiger partial charge on any atom is 0.122 e. The van der Waals surface area contributed by atoms with E-state index >= 15 is 0 Å². The van der Waals surface area contributed by atoms with E-state index in [-0.39, 0.29) is 12.7 Å². The quantitative estimate of drug-likeness (QED) is 0.840. The van der Waals surface area contributed by atoms with Gasteiger partial charge in [0.2, 0.25) is 0 Å². The first kappa shape index (κ1) is 15.9. The van der Waals surface area contributed by atoms with Gasteiger partial charge < -0.3 is 9.84 Å². The number of aromatic nitrogens is 1. The van der Waals surface area contributed by atoms with Gasteiger partial charge in [0.25, 0.3) is 0 Å². The van der Waals surface area contributed by atoms with Gasteiger partial charge in [-0.05, 0) is 39.7 Å². The van der Waals surface area contributed by atoms with Crippen molar-refractivity contribution in [2.75, 3.05) is 19.8 Å². The van der Waals surface area contributed by atoms with Gasteiger partial charge in [-0.15, -0.1) is 11.3 Å². The predicted octanol–water partition coefficient (Wildman–Crippen LogP) is 2.98. The van der Waals surface area contributed by atoms with Crippen LogP contribution < -0.4 is 0 Å². The molecule has 1 N–H and O–H groups in total. The Kier molecular flexibility index (Phi) is 6.42. The van der Waals surface area contributed by atoms with Crippen molar-refractivity contribution in [1.29, 1.82) is 0 Å². The van der Waals surface area contributed by atoms with Crippen molar-refractivity contribution >= 4 is 11.3 Å². The lowest BCUT2D eigenvalue weighted by Crippen LogP contribution is -2.39. The van der Waals surface area contributed by atoms with Crippen molar-refractivity contribution in [1.82, 2.24) is 9.88 Å². The molecule has 0 aliphatic carbocycles. The number of aliphatic hydroxyl groups excluding tert-OH is 1. The minimum absolute atomic E-state index is 0.0911. The van der Waals surface area contributed by atoms with Gasteiger partial charge in [-0.3, -0.25) is 4.90 Å². The Morgan fingerprint density at radius 2 is 2.40 bits per heavy atom. The summed E-state index contributed by atoms with van der Waals surface area (Å²) in [5.41, 5.74) is 1.14. The Morgan fingerprint density at radius 1 is 1.55 bits per heavy atom. The van der Waals surface area contributed by atoms with E-state index in [1.807, 2.05) is 6.92 Å². The average molecular weight is 298 g/mol. The first-order valence-corrected chi connectivity index (χ1v) is 8.53. The van der Waals surface area contributed by atoms with Gasteiger partial charge in [-0.2, -0.15) is 0 Å². The van der Waals surface area contributed by atoms with Crippen LogP contribution in [-0.2, 0) is 11.3 Å². The Morgan fingerprint density at radius 3 is 3.15 bits per heavy atom. The highest BCUT2D eigenvalue weighted by Gasteiger charge is 2.23. The molecule has 2 atom stereocenters. The summed E-state index contributed by atoms with van der Waals surface area (Å²) < 4.78 is 5.59. The number of thiazole rings is 1. The van der Waals surface area contributed by atoms with Crippen LogP contribution in [-0.4, -0.2) is 40.8 Å². The largest absolute Gasteiger partial charge is 0.396 e. The molecule has 5 heteroatoms. The molecule has 0 spiro atoms. The lowest BCUT2D eigenvalue weighted by molar-refractivity contribution is 0.0757. The monoisotopic (exact) mass is 298 g/mol. The molecule has 0 amide bonds. The number of nitrogens with zero attached hydrogens (tertiary/aromatic N) is 2. The third-order valence-corrected chi connectivity index (χ3v) is 4.97. The number of rotatable bonds is 7. The molecule has 1 aliphatic rings. The molecule has 1 fully saturated rings. The molecule has 2 unspecified atom stereocenters. The summed E-state index contributed by atoms with van der Waals surface area (Å²) in [4.78, 5) is 7.18. The van der Waals surface area contributed by atoms with Gasteiger partial charge >= 0.3 is 0 Å². The number of aliphatic hydroxyl groups is 1. The zero-order valence-electron chi connectivity index (χ0n) is 12.5. The molecular formula is C15H26N2O2S. The molecule has 1 saturated heterocycles. The Hall–Kier alpha value is -0.490. The Balaban J connectivity index is 1.94. The van der Waals surface area contributed by atoms with Gasteiger partial charge in [0.05, 0.1) is 5.69 Å². The summed E-state index contributed by atoms with van der Waals surface area (Å²) in [5.74, 6) is 0. The topological polar surface area (TPSA) is 45.6 Å². The van der Waals surface area contributed by atoms with Crippen molar-refractivity contribution in [2.24, 2.45) is 0 Å².